The molecule has 0 aliphatic carbocycles. The molecule has 0 aromatic rings. The van der Waals surface area contributed by atoms with Gasteiger partial charge in [-0.25, -0.2) is 0 Å². The van der Waals surface area contributed by atoms with Crippen LogP contribution in [0.1, 0.15) is 123 Å². The Labute approximate surface area is 191 Å². The van der Waals surface area contributed by atoms with Crippen LogP contribution >= 0.6 is 0 Å². The van der Waals surface area contributed by atoms with Gasteiger partial charge in [0, 0.05) is 6.42 Å². The van der Waals surface area contributed by atoms with Crippen molar-refractivity contribution in [3.8, 4) is 11.8 Å². The van der Waals surface area contributed by atoms with E-state index in [4.69, 9.17) is 0 Å². The van der Waals surface area contributed by atoms with Gasteiger partial charge in [0.15, 0.2) is 0 Å². The van der Waals surface area contributed by atoms with Gasteiger partial charge in [-0.05, 0) is 19.3 Å². The molecular formula is C26H49NO4. The number of aliphatic hydroxyl groups excluding tert-OH is 3. The molecule has 0 heterocycles. The van der Waals surface area contributed by atoms with Crippen LogP contribution in [0.25, 0.3) is 0 Å². The van der Waals surface area contributed by atoms with E-state index >= 15 is 0 Å². The third-order valence-electron chi connectivity index (χ3n) is 5.66. The summed E-state index contributed by atoms with van der Waals surface area (Å²) in [6.07, 6.45) is 16.7. The van der Waals surface area contributed by atoms with Crippen LogP contribution in [-0.4, -0.2) is 46.1 Å². The molecule has 0 saturated carbocycles. The summed E-state index contributed by atoms with van der Waals surface area (Å²) in [6, 6.07) is -0.819. The van der Waals surface area contributed by atoms with E-state index in [0.29, 0.717) is 12.8 Å². The molecule has 0 rings (SSSR count). The number of amides is 1. The summed E-state index contributed by atoms with van der Waals surface area (Å²) < 4.78 is 0. The molecule has 1 amide bonds. The molecule has 0 fully saturated rings. The predicted octanol–water partition coefficient (Wildman–Crippen LogP) is 4.86. The topological polar surface area (TPSA) is 89.8 Å². The highest BCUT2D eigenvalue weighted by molar-refractivity contribution is 5.76. The normalized spacial score (nSPS) is 13.8. The fraction of sp³-hybridized carbons (Fsp3) is 0.885. The number of hydrogen-bond donors (Lipinski definition) is 4. The molecule has 0 aromatic heterocycles. The van der Waals surface area contributed by atoms with Gasteiger partial charge in [0.1, 0.15) is 12.2 Å². The van der Waals surface area contributed by atoms with Crippen LogP contribution in [0.15, 0.2) is 0 Å². The summed E-state index contributed by atoms with van der Waals surface area (Å²) in [7, 11) is 0. The quantitative estimate of drug-likeness (QED) is 0.161. The Morgan fingerprint density at radius 2 is 1.23 bits per heavy atom. The van der Waals surface area contributed by atoms with Crippen LogP contribution in [0.5, 0.6) is 0 Å². The average molecular weight is 440 g/mol. The van der Waals surface area contributed by atoms with Gasteiger partial charge in [-0.1, -0.05) is 109 Å². The predicted molar refractivity (Wildman–Crippen MR) is 129 cm³/mol. The summed E-state index contributed by atoms with van der Waals surface area (Å²) in [5.74, 6) is 5.07. The molecule has 0 spiro atoms. The number of carbonyl (C=O) groups is 1. The zero-order valence-electron chi connectivity index (χ0n) is 20.2. The largest absolute Gasteiger partial charge is 0.394 e. The summed E-state index contributed by atoms with van der Waals surface area (Å²) in [5.41, 5.74) is 0. The highest BCUT2D eigenvalue weighted by atomic mass is 16.3. The zero-order valence-corrected chi connectivity index (χ0v) is 20.2. The van der Waals surface area contributed by atoms with E-state index in [-0.39, 0.29) is 12.5 Å². The number of nitrogens with one attached hydrogen (secondary N) is 1. The van der Waals surface area contributed by atoms with Crippen LogP contribution in [0.3, 0.4) is 0 Å². The number of carbonyl (C=O) groups excluding carboxylic acids is 1. The van der Waals surface area contributed by atoms with Crippen molar-refractivity contribution in [1.82, 2.24) is 5.32 Å². The molecule has 0 bridgehead atoms. The minimum atomic E-state index is -1.18. The maximum atomic E-state index is 12.0. The van der Waals surface area contributed by atoms with Crippen LogP contribution in [0.2, 0.25) is 0 Å². The van der Waals surface area contributed by atoms with E-state index in [1.807, 2.05) is 0 Å². The van der Waals surface area contributed by atoms with Crippen molar-refractivity contribution in [2.24, 2.45) is 0 Å². The van der Waals surface area contributed by atoms with Gasteiger partial charge in [0.25, 0.3) is 0 Å². The molecule has 0 aromatic carbocycles. The van der Waals surface area contributed by atoms with E-state index in [1.165, 1.54) is 57.8 Å². The van der Waals surface area contributed by atoms with Crippen LogP contribution in [-0.2, 0) is 4.79 Å². The Kier molecular flexibility index (Phi) is 21.3. The van der Waals surface area contributed by atoms with E-state index in [1.54, 1.807) is 0 Å². The molecule has 0 unspecified atom stereocenters. The molecule has 5 nitrogen and oxygen atoms in total. The molecule has 0 radical (unpaired) electrons. The van der Waals surface area contributed by atoms with Crippen molar-refractivity contribution in [2.75, 3.05) is 6.61 Å². The summed E-state index contributed by atoms with van der Waals surface area (Å²) in [6.45, 7) is 4.00. The van der Waals surface area contributed by atoms with Crippen molar-refractivity contribution >= 4 is 5.91 Å². The number of aliphatic hydroxyl groups is 3. The minimum Gasteiger partial charge on any atom is -0.394 e. The van der Waals surface area contributed by atoms with Crippen LogP contribution in [0.4, 0.5) is 0 Å². The Balaban J connectivity index is 3.92. The van der Waals surface area contributed by atoms with Gasteiger partial charge in [0.2, 0.25) is 5.91 Å². The average Bonchev–Trinajstić information content (AvgIpc) is 2.76. The molecule has 182 valence electrons. The maximum absolute atomic E-state index is 12.0. The first kappa shape index (κ1) is 29.9. The molecule has 0 aliphatic rings. The van der Waals surface area contributed by atoms with E-state index in [9.17, 15) is 20.1 Å². The minimum absolute atomic E-state index is 0.178. The van der Waals surface area contributed by atoms with Gasteiger partial charge in [-0.3, -0.25) is 4.79 Å². The first-order chi connectivity index (χ1) is 15.0. The van der Waals surface area contributed by atoms with Crippen molar-refractivity contribution in [3.63, 3.8) is 0 Å². The molecule has 3 atom stereocenters. The van der Waals surface area contributed by atoms with Gasteiger partial charge < -0.3 is 20.6 Å². The smallest absolute Gasteiger partial charge is 0.220 e. The second-order valence-electron chi connectivity index (χ2n) is 8.74. The number of rotatable bonds is 20. The molecule has 5 heteroatoms. The van der Waals surface area contributed by atoms with Crippen LogP contribution in [0, 0.1) is 11.8 Å². The fourth-order valence-electron chi connectivity index (χ4n) is 3.57. The van der Waals surface area contributed by atoms with Crippen molar-refractivity contribution in [2.45, 2.75) is 141 Å². The van der Waals surface area contributed by atoms with E-state index < -0.39 is 18.2 Å². The lowest BCUT2D eigenvalue weighted by atomic mass is 10.0. The lowest BCUT2D eigenvalue weighted by molar-refractivity contribution is -0.122. The van der Waals surface area contributed by atoms with Crippen LogP contribution < -0.4 is 5.32 Å². The lowest BCUT2D eigenvalue weighted by Gasteiger charge is -2.18. The van der Waals surface area contributed by atoms with E-state index in [0.717, 1.165) is 38.5 Å². The van der Waals surface area contributed by atoms with Crippen molar-refractivity contribution in [1.29, 1.82) is 0 Å². The number of unbranched alkanes of at least 4 members (excludes halogenated alkanes) is 13. The Bertz CT molecular complexity index is 472. The fourth-order valence-corrected chi connectivity index (χ4v) is 3.57. The third-order valence-corrected chi connectivity index (χ3v) is 5.66. The van der Waals surface area contributed by atoms with Gasteiger partial charge in [-0.15, -0.1) is 0 Å². The standard InChI is InChI=1S/C26H49NO4/c1-3-5-7-9-10-11-12-13-15-16-18-23(29)20-21-25(30)24(22-28)27-26(31)19-17-14-8-6-4-2/h23-25,28-30H,3-19,22H2,1-2H3,(H,27,31)/t23-,24+,25-/m1/s1. The van der Waals surface area contributed by atoms with E-state index in [2.05, 4.69) is 31.0 Å². The van der Waals surface area contributed by atoms with Gasteiger partial charge >= 0.3 is 0 Å². The summed E-state index contributed by atoms with van der Waals surface area (Å²) in [5, 5.41) is 32.2. The first-order valence-electron chi connectivity index (χ1n) is 12.8. The Morgan fingerprint density at radius 3 is 1.74 bits per heavy atom. The van der Waals surface area contributed by atoms with Crippen molar-refractivity contribution in [3.05, 3.63) is 0 Å². The molecule has 0 aliphatic heterocycles. The summed E-state index contributed by atoms with van der Waals surface area (Å²) in [4.78, 5) is 12.0. The molecule has 4 N–H and O–H groups in total. The monoisotopic (exact) mass is 439 g/mol. The second kappa shape index (κ2) is 22.1. The summed E-state index contributed by atoms with van der Waals surface area (Å²) >= 11 is 0. The highest BCUT2D eigenvalue weighted by Crippen LogP contribution is 2.12. The maximum Gasteiger partial charge on any atom is 0.220 e. The third kappa shape index (κ3) is 19.3. The number of hydrogen-bond acceptors (Lipinski definition) is 4. The SMILES string of the molecule is CCCCCCCCCCCC[C@@H](O)C#C[C@@H](O)[C@H](CO)NC(=O)CCCCCCC. The molecular weight excluding hydrogens is 390 g/mol. The first-order valence-corrected chi connectivity index (χ1v) is 12.8. The second-order valence-corrected chi connectivity index (χ2v) is 8.74. The molecule has 31 heavy (non-hydrogen) atoms. The molecule has 0 saturated heterocycles. The Morgan fingerprint density at radius 1 is 0.742 bits per heavy atom. The van der Waals surface area contributed by atoms with Gasteiger partial charge in [0.05, 0.1) is 12.6 Å². The highest BCUT2D eigenvalue weighted by Gasteiger charge is 2.18. The lowest BCUT2D eigenvalue weighted by Crippen LogP contribution is -2.45. The Hall–Kier alpha value is -1.09. The van der Waals surface area contributed by atoms with Crippen molar-refractivity contribution < 1.29 is 20.1 Å². The van der Waals surface area contributed by atoms with Gasteiger partial charge in [-0.2, -0.15) is 0 Å². The zero-order chi connectivity index (χ0) is 23.2.